The molecule has 0 bridgehead atoms. The second-order valence-electron chi connectivity index (χ2n) is 13.1. The predicted octanol–water partition coefficient (Wildman–Crippen LogP) is 7.28. The molecule has 0 amide bonds. The van der Waals surface area contributed by atoms with Crippen molar-refractivity contribution >= 4 is 39.9 Å². The lowest BCUT2D eigenvalue weighted by molar-refractivity contribution is -0.118. The van der Waals surface area contributed by atoms with Gasteiger partial charge < -0.3 is 29.4 Å². The molecule has 3 aromatic carbocycles. The molecule has 0 radical (unpaired) electrons. The second-order valence-corrected chi connectivity index (χ2v) is 13.5. The van der Waals surface area contributed by atoms with E-state index >= 15 is 0 Å². The van der Waals surface area contributed by atoms with E-state index in [0.29, 0.717) is 37.4 Å². The Morgan fingerprint density at radius 2 is 1.76 bits per heavy atom. The maximum Gasteiger partial charge on any atom is 0.355 e. The Morgan fingerprint density at radius 1 is 1.02 bits per heavy atom. The molecule has 1 aliphatic heterocycles. The van der Waals surface area contributed by atoms with Gasteiger partial charge in [0.05, 0.1) is 24.8 Å². The molecule has 6 rings (SSSR count). The summed E-state index contributed by atoms with van der Waals surface area (Å²) in [6.07, 6.45) is 1.31. The third-order valence-electron chi connectivity index (χ3n) is 9.60. The monoisotopic (exact) mass is 711 g/mol. The minimum atomic E-state index is -0.384. The van der Waals surface area contributed by atoms with Gasteiger partial charge in [-0.25, -0.2) is 4.79 Å². The number of rotatable bonds is 13. The standard InChI is InChI=1S/C40H46ClN5O5/c1-7-49-40(48)39-32(12-9-19-50-30-20-24(2)37(41)25(3)21-30)31-10-8-11-33(38(31)43-39)36-26(4)45(6)44-34(36)23-51-29-15-13-28(14-16-29)46-18-17-42-22-35(46)27(5)47/h8,10-11,13-16,20-21,35,42-43H,7,9,12,17-19,22-23H2,1-6H3. The number of piperazine rings is 1. The van der Waals surface area contributed by atoms with Crippen LogP contribution in [0.2, 0.25) is 5.02 Å². The van der Waals surface area contributed by atoms with Gasteiger partial charge in [-0.15, -0.1) is 0 Å². The first-order chi connectivity index (χ1) is 24.6. The molecule has 1 unspecified atom stereocenters. The number of anilines is 1. The van der Waals surface area contributed by atoms with Gasteiger partial charge in [0, 0.05) is 59.6 Å². The van der Waals surface area contributed by atoms with Crippen LogP contribution in [0.1, 0.15) is 58.8 Å². The van der Waals surface area contributed by atoms with Crippen molar-refractivity contribution in [3.05, 3.63) is 93.4 Å². The molecule has 1 saturated heterocycles. The minimum absolute atomic E-state index is 0.146. The van der Waals surface area contributed by atoms with Crippen LogP contribution in [-0.2, 0) is 29.6 Å². The van der Waals surface area contributed by atoms with Gasteiger partial charge in [-0.2, -0.15) is 5.10 Å². The molecule has 1 aliphatic rings. The number of nitrogens with zero attached hydrogens (tertiary/aromatic N) is 3. The number of aromatic amines is 1. The Labute approximate surface area is 304 Å². The number of fused-ring (bicyclic) bond motifs is 1. The highest BCUT2D eigenvalue weighted by Crippen LogP contribution is 2.37. The van der Waals surface area contributed by atoms with Crippen molar-refractivity contribution < 1.29 is 23.8 Å². The van der Waals surface area contributed by atoms with Gasteiger partial charge in [0.15, 0.2) is 5.78 Å². The second kappa shape index (κ2) is 15.6. The number of H-pyrrole nitrogens is 1. The van der Waals surface area contributed by atoms with E-state index in [9.17, 15) is 9.59 Å². The molecular weight excluding hydrogens is 666 g/mol. The maximum absolute atomic E-state index is 13.3. The normalized spacial score (nSPS) is 14.6. The zero-order valence-electron chi connectivity index (χ0n) is 30.2. The smallest absolute Gasteiger partial charge is 0.355 e. The first kappa shape index (κ1) is 36.0. The number of hydrogen-bond acceptors (Lipinski definition) is 8. The van der Waals surface area contributed by atoms with Gasteiger partial charge in [0.1, 0.15) is 29.5 Å². The van der Waals surface area contributed by atoms with Crippen molar-refractivity contribution in [1.82, 2.24) is 20.1 Å². The number of nitrogens with one attached hydrogen (secondary N) is 2. The van der Waals surface area contributed by atoms with E-state index in [2.05, 4.69) is 15.2 Å². The Morgan fingerprint density at radius 3 is 2.47 bits per heavy atom. The lowest BCUT2D eigenvalue weighted by atomic mass is 9.98. The molecule has 0 aliphatic carbocycles. The maximum atomic E-state index is 13.3. The van der Waals surface area contributed by atoms with Crippen molar-refractivity contribution in [2.75, 3.05) is 37.7 Å². The van der Waals surface area contributed by atoms with Crippen LogP contribution in [0.25, 0.3) is 22.0 Å². The first-order valence-electron chi connectivity index (χ1n) is 17.5. The number of aryl methyl sites for hydroxylation is 4. The van der Waals surface area contributed by atoms with Gasteiger partial charge in [-0.05, 0) is 101 Å². The average Bonchev–Trinajstić information content (AvgIpc) is 3.64. The van der Waals surface area contributed by atoms with Crippen molar-refractivity contribution in [2.24, 2.45) is 7.05 Å². The molecule has 51 heavy (non-hydrogen) atoms. The van der Waals surface area contributed by atoms with Gasteiger partial charge in [-0.3, -0.25) is 9.48 Å². The van der Waals surface area contributed by atoms with Crippen LogP contribution in [0.4, 0.5) is 5.69 Å². The summed E-state index contributed by atoms with van der Waals surface area (Å²) >= 11 is 6.35. The Balaban J connectivity index is 1.24. The lowest BCUT2D eigenvalue weighted by Gasteiger charge is -2.36. The molecule has 2 aromatic heterocycles. The van der Waals surface area contributed by atoms with Crippen molar-refractivity contribution in [1.29, 1.82) is 0 Å². The van der Waals surface area contributed by atoms with Crippen LogP contribution in [0.3, 0.4) is 0 Å². The molecule has 1 fully saturated rings. The van der Waals surface area contributed by atoms with Gasteiger partial charge in [0.2, 0.25) is 0 Å². The number of benzene rings is 3. The lowest BCUT2D eigenvalue weighted by Crippen LogP contribution is -2.54. The van der Waals surface area contributed by atoms with Crippen LogP contribution in [0, 0.1) is 20.8 Å². The van der Waals surface area contributed by atoms with Crippen LogP contribution >= 0.6 is 11.6 Å². The number of esters is 1. The fourth-order valence-electron chi connectivity index (χ4n) is 6.94. The number of Topliss-reactive ketones (excluding diaryl/α,β-unsaturated/α-hetero) is 1. The van der Waals surface area contributed by atoms with Crippen molar-refractivity contribution in [2.45, 2.75) is 60.1 Å². The molecule has 3 heterocycles. The topological polar surface area (TPSA) is 111 Å². The third kappa shape index (κ3) is 7.62. The molecule has 0 spiro atoms. The molecule has 268 valence electrons. The van der Waals surface area contributed by atoms with Gasteiger partial charge in [0.25, 0.3) is 0 Å². The number of aromatic nitrogens is 3. The van der Waals surface area contributed by atoms with Crippen molar-refractivity contribution in [3.63, 3.8) is 0 Å². The summed E-state index contributed by atoms with van der Waals surface area (Å²) in [5.41, 5.74) is 8.77. The summed E-state index contributed by atoms with van der Waals surface area (Å²) in [4.78, 5) is 31.1. The molecule has 0 saturated carbocycles. The highest BCUT2D eigenvalue weighted by molar-refractivity contribution is 6.32. The van der Waals surface area contributed by atoms with E-state index < -0.39 is 0 Å². The highest BCUT2D eigenvalue weighted by Gasteiger charge is 2.27. The largest absolute Gasteiger partial charge is 0.494 e. The van der Waals surface area contributed by atoms with E-state index in [0.717, 1.165) is 79.7 Å². The Kier molecular flexibility index (Phi) is 11.0. The van der Waals surface area contributed by atoms with Crippen LogP contribution < -0.4 is 19.7 Å². The number of hydrogen-bond donors (Lipinski definition) is 2. The fourth-order valence-corrected chi connectivity index (χ4v) is 7.05. The number of carbonyl (C=O) groups is 2. The molecule has 1 atom stereocenters. The fraction of sp³-hybridized carbons (Fsp3) is 0.375. The summed E-state index contributed by atoms with van der Waals surface area (Å²) in [5, 5.41) is 9.85. The number of carbonyl (C=O) groups excluding carboxylic acids is 2. The molecule has 2 N–H and O–H groups in total. The van der Waals surface area contributed by atoms with Crippen LogP contribution in [0.5, 0.6) is 11.5 Å². The predicted molar refractivity (Wildman–Crippen MR) is 201 cm³/mol. The summed E-state index contributed by atoms with van der Waals surface area (Å²) < 4.78 is 19.7. The van der Waals surface area contributed by atoms with Crippen molar-refractivity contribution in [3.8, 4) is 22.6 Å². The minimum Gasteiger partial charge on any atom is -0.494 e. The molecule has 5 aromatic rings. The van der Waals surface area contributed by atoms with Gasteiger partial charge >= 0.3 is 5.97 Å². The van der Waals surface area contributed by atoms with E-state index in [1.807, 2.05) is 94.0 Å². The molecule has 10 nitrogen and oxygen atoms in total. The zero-order chi connectivity index (χ0) is 36.2. The number of ether oxygens (including phenoxy) is 3. The van der Waals surface area contributed by atoms with Crippen LogP contribution in [-0.4, -0.2) is 65.4 Å². The Bertz CT molecular complexity index is 2030. The van der Waals surface area contributed by atoms with Crippen LogP contribution in [0.15, 0.2) is 54.6 Å². The van der Waals surface area contributed by atoms with E-state index in [-0.39, 0.29) is 31.0 Å². The summed E-state index contributed by atoms with van der Waals surface area (Å²) in [7, 11) is 1.92. The molecular formula is C40H46ClN5O5. The quantitative estimate of drug-likeness (QED) is 0.0969. The van der Waals surface area contributed by atoms with E-state index in [1.54, 1.807) is 6.92 Å². The number of halogens is 1. The highest BCUT2D eigenvalue weighted by atomic mass is 35.5. The average molecular weight is 712 g/mol. The van der Waals surface area contributed by atoms with E-state index in [1.165, 1.54) is 0 Å². The van der Waals surface area contributed by atoms with E-state index in [4.69, 9.17) is 30.9 Å². The van der Waals surface area contributed by atoms with Gasteiger partial charge in [-0.1, -0.05) is 29.8 Å². The number of ketones is 1. The first-order valence-corrected chi connectivity index (χ1v) is 17.9. The molecule has 11 heteroatoms. The summed E-state index contributed by atoms with van der Waals surface area (Å²) in [6.45, 7) is 12.7. The summed E-state index contributed by atoms with van der Waals surface area (Å²) in [6, 6.07) is 17.7. The third-order valence-corrected chi connectivity index (χ3v) is 10.2. The zero-order valence-corrected chi connectivity index (χ0v) is 30.9. The number of para-hydroxylation sites is 1. The Hall–Kier alpha value is -4.80. The summed E-state index contributed by atoms with van der Waals surface area (Å²) in [5.74, 6) is 1.25. The SMILES string of the molecule is CCOC(=O)c1[nH]c2c(-c3c(COc4ccc(N5CCNCC5C(C)=O)cc4)nn(C)c3C)cccc2c1CCCOc1cc(C)c(Cl)c(C)c1.